The fourth-order valence-electron chi connectivity index (χ4n) is 1.28. The Hall–Kier alpha value is -0.543. The zero-order chi connectivity index (χ0) is 13.8. The number of benzene rings is 1. The van der Waals surface area contributed by atoms with Crippen molar-refractivity contribution in [3.63, 3.8) is 0 Å². The summed E-state index contributed by atoms with van der Waals surface area (Å²) in [7, 11) is -1.71. The normalized spacial score (nSPS) is 13.0. The minimum Gasteiger partial charge on any atom is -0.544 e. The van der Waals surface area contributed by atoms with E-state index in [1.54, 1.807) is 0 Å². The maximum absolute atomic E-state index is 6.23. The third kappa shape index (κ3) is 4.29. The van der Waals surface area contributed by atoms with Gasteiger partial charge in [0.05, 0.1) is 0 Å². The fraction of sp³-hybridized carbons (Fsp3) is 0.467. The van der Waals surface area contributed by atoms with Gasteiger partial charge in [-0.15, -0.1) is 0 Å². The fourth-order valence-corrected chi connectivity index (χ4v) is 2.49. The molecule has 0 atom stereocenters. The second-order valence-corrected chi connectivity index (χ2v) is 11.4. The molecule has 0 amide bonds. The summed E-state index contributed by atoms with van der Waals surface area (Å²) in [6.07, 6.45) is 4.19. The van der Waals surface area contributed by atoms with Crippen molar-refractivity contribution in [2.45, 2.75) is 38.9 Å². The van der Waals surface area contributed by atoms with Gasteiger partial charge in [-0.05, 0) is 35.8 Å². The minimum absolute atomic E-state index is 0.238. The highest BCUT2D eigenvalue weighted by molar-refractivity contribution is 9.09. The first-order chi connectivity index (χ1) is 8.26. The molecule has 0 bridgehead atoms. The Morgan fingerprint density at radius 3 is 2.17 bits per heavy atom. The maximum Gasteiger partial charge on any atom is 0.250 e. The lowest BCUT2D eigenvalue weighted by atomic mass is 10.2. The molecule has 0 spiro atoms. The summed E-state index contributed by atoms with van der Waals surface area (Å²) in [6, 6.07) is 8.33. The van der Waals surface area contributed by atoms with Crippen molar-refractivity contribution in [1.29, 1.82) is 0 Å². The minimum atomic E-state index is -1.71. The molecule has 1 aromatic carbocycles. The van der Waals surface area contributed by atoms with E-state index in [4.69, 9.17) is 4.43 Å². The molecule has 3 heteroatoms. The van der Waals surface area contributed by atoms with E-state index in [0.29, 0.717) is 0 Å². The average Bonchev–Trinajstić information content (AvgIpc) is 2.26. The van der Waals surface area contributed by atoms with Gasteiger partial charge in [0.2, 0.25) is 8.32 Å². The molecule has 1 rings (SSSR count). The largest absolute Gasteiger partial charge is 0.544 e. The van der Waals surface area contributed by atoms with E-state index in [9.17, 15) is 0 Å². The Morgan fingerprint density at radius 2 is 1.72 bits per heavy atom. The molecule has 18 heavy (non-hydrogen) atoms. The number of alkyl halides is 1. The van der Waals surface area contributed by atoms with Crippen molar-refractivity contribution >= 4 is 30.3 Å². The molecule has 0 fully saturated rings. The van der Waals surface area contributed by atoms with Crippen molar-refractivity contribution in [1.82, 2.24) is 0 Å². The molecule has 0 radical (unpaired) electrons. The number of rotatable bonds is 4. The van der Waals surface area contributed by atoms with Gasteiger partial charge in [-0.2, -0.15) is 0 Å². The van der Waals surface area contributed by atoms with Crippen molar-refractivity contribution < 1.29 is 4.43 Å². The van der Waals surface area contributed by atoms with Gasteiger partial charge in [0, 0.05) is 5.33 Å². The topological polar surface area (TPSA) is 9.23 Å². The molecule has 0 heterocycles. The van der Waals surface area contributed by atoms with Crippen LogP contribution in [0.3, 0.4) is 0 Å². The van der Waals surface area contributed by atoms with Crippen molar-refractivity contribution in [3.8, 4) is 5.75 Å². The highest BCUT2D eigenvalue weighted by Crippen LogP contribution is 2.37. The van der Waals surface area contributed by atoms with Crippen LogP contribution in [-0.4, -0.2) is 13.6 Å². The van der Waals surface area contributed by atoms with Gasteiger partial charge in [-0.1, -0.05) is 61.0 Å². The van der Waals surface area contributed by atoms with Gasteiger partial charge in [0.1, 0.15) is 5.75 Å². The van der Waals surface area contributed by atoms with E-state index in [1.807, 2.05) is 0 Å². The summed E-state index contributed by atoms with van der Waals surface area (Å²) in [6.45, 7) is 11.3. The van der Waals surface area contributed by atoms with Crippen molar-refractivity contribution in [2.24, 2.45) is 0 Å². The molecule has 0 aliphatic rings. The molecule has 0 aliphatic heterocycles. The first kappa shape index (κ1) is 15.5. The van der Waals surface area contributed by atoms with Crippen LogP contribution in [0, 0.1) is 0 Å². The van der Waals surface area contributed by atoms with Crippen LogP contribution in [0.15, 0.2) is 30.3 Å². The Balaban J connectivity index is 2.78. The number of hydrogen-bond donors (Lipinski definition) is 0. The van der Waals surface area contributed by atoms with Crippen molar-refractivity contribution in [2.75, 3.05) is 5.33 Å². The third-order valence-corrected chi connectivity index (χ3v) is 8.19. The molecular formula is C15H23BrOSi. The summed E-state index contributed by atoms with van der Waals surface area (Å²) in [5.41, 5.74) is 1.21. The molecule has 0 saturated carbocycles. The van der Waals surface area contributed by atoms with E-state index >= 15 is 0 Å². The first-order valence-electron chi connectivity index (χ1n) is 6.28. The highest BCUT2D eigenvalue weighted by atomic mass is 79.9. The molecule has 1 aromatic rings. The molecular weight excluding hydrogens is 304 g/mol. The van der Waals surface area contributed by atoms with Crippen LogP contribution >= 0.6 is 15.9 Å². The second-order valence-electron chi connectivity index (χ2n) is 5.99. The maximum atomic E-state index is 6.23. The zero-order valence-electron chi connectivity index (χ0n) is 12.0. The first-order valence-corrected chi connectivity index (χ1v) is 10.3. The summed E-state index contributed by atoms with van der Waals surface area (Å²) < 4.78 is 6.23. The summed E-state index contributed by atoms with van der Waals surface area (Å²) in [5.74, 6) is 0.984. The molecule has 0 aliphatic carbocycles. The van der Waals surface area contributed by atoms with Crippen LogP contribution in [0.25, 0.3) is 6.08 Å². The standard InChI is InChI=1S/C15H23BrOSi/c1-15(2,3)18(4,5)17-14-10-8-13(9-11-14)7-6-12-16/h6-11H,12H2,1-5H3/b7-6+. The van der Waals surface area contributed by atoms with Gasteiger partial charge in [0.25, 0.3) is 0 Å². The predicted octanol–water partition coefficient (Wildman–Crippen LogP) is 5.48. The lowest BCUT2D eigenvalue weighted by Crippen LogP contribution is -2.43. The van der Waals surface area contributed by atoms with Crippen molar-refractivity contribution in [3.05, 3.63) is 35.9 Å². The van der Waals surface area contributed by atoms with Gasteiger partial charge in [0.15, 0.2) is 0 Å². The molecule has 0 saturated heterocycles. The van der Waals surface area contributed by atoms with Crippen LogP contribution in [0.1, 0.15) is 26.3 Å². The quantitative estimate of drug-likeness (QED) is 0.526. The third-order valence-electron chi connectivity index (χ3n) is 3.46. The summed E-state index contributed by atoms with van der Waals surface area (Å²) in [4.78, 5) is 0. The Labute approximate surface area is 121 Å². The van der Waals surface area contributed by atoms with E-state index < -0.39 is 8.32 Å². The molecule has 0 N–H and O–H groups in total. The molecule has 0 unspecified atom stereocenters. The average molecular weight is 327 g/mol. The Kier molecular flexibility index (Phi) is 5.23. The lowest BCUT2D eigenvalue weighted by Gasteiger charge is -2.36. The van der Waals surface area contributed by atoms with E-state index in [1.165, 1.54) is 5.56 Å². The SMILES string of the molecule is CC(C)(C)[Si](C)(C)Oc1ccc(/C=C/CBr)cc1. The summed E-state index contributed by atoms with van der Waals surface area (Å²) >= 11 is 3.38. The summed E-state index contributed by atoms with van der Waals surface area (Å²) in [5, 5.41) is 1.12. The van der Waals surface area contributed by atoms with Crippen LogP contribution in [0.4, 0.5) is 0 Å². The number of allylic oxidation sites excluding steroid dienone is 1. The second kappa shape index (κ2) is 6.07. The van der Waals surface area contributed by atoms with Crippen LogP contribution in [0.5, 0.6) is 5.75 Å². The number of hydrogen-bond acceptors (Lipinski definition) is 1. The van der Waals surface area contributed by atoms with Gasteiger partial charge in [-0.3, -0.25) is 0 Å². The molecule has 1 nitrogen and oxygen atoms in total. The monoisotopic (exact) mass is 326 g/mol. The van der Waals surface area contributed by atoms with E-state index in [2.05, 4.69) is 86.2 Å². The smallest absolute Gasteiger partial charge is 0.250 e. The number of halogens is 1. The van der Waals surface area contributed by atoms with Crippen LogP contribution < -0.4 is 4.43 Å². The van der Waals surface area contributed by atoms with Gasteiger partial charge >= 0.3 is 0 Å². The van der Waals surface area contributed by atoms with E-state index in [-0.39, 0.29) is 5.04 Å². The van der Waals surface area contributed by atoms with Crippen LogP contribution in [-0.2, 0) is 0 Å². The lowest BCUT2D eigenvalue weighted by molar-refractivity contribution is 0.492. The Morgan fingerprint density at radius 1 is 1.17 bits per heavy atom. The molecule has 100 valence electrons. The van der Waals surface area contributed by atoms with Crippen LogP contribution in [0.2, 0.25) is 18.1 Å². The predicted molar refractivity (Wildman–Crippen MR) is 87.1 cm³/mol. The van der Waals surface area contributed by atoms with Gasteiger partial charge in [-0.25, -0.2) is 0 Å². The van der Waals surface area contributed by atoms with E-state index in [0.717, 1.165) is 11.1 Å². The molecule has 0 aromatic heterocycles. The Bertz CT molecular complexity index is 401. The highest BCUT2D eigenvalue weighted by Gasteiger charge is 2.38. The zero-order valence-corrected chi connectivity index (χ0v) is 14.5. The van der Waals surface area contributed by atoms with Gasteiger partial charge < -0.3 is 4.43 Å².